The highest BCUT2D eigenvalue weighted by Gasteiger charge is 2.29. The molecule has 33 heavy (non-hydrogen) atoms. The summed E-state index contributed by atoms with van der Waals surface area (Å²) in [7, 11) is 1.64. The predicted octanol–water partition coefficient (Wildman–Crippen LogP) is 4.16. The molecule has 1 saturated heterocycles. The molecule has 2 aliphatic rings. The lowest BCUT2D eigenvalue weighted by Crippen LogP contribution is -2.48. The molecule has 1 unspecified atom stereocenters. The summed E-state index contributed by atoms with van der Waals surface area (Å²) in [6.45, 7) is 3.65. The maximum absolute atomic E-state index is 12.9. The first-order valence-corrected chi connectivity index (χ1v) is 11.4. The number of rotatable bonds is 5. The number of anilines is 2. The van der Waals surface area contributed by atoms with E-state index in [0.29, 0.717) is 12.0 Å². The van der Waals surface area contributed by atoms with E-state index in [1.165, 1.54) is 0 Å². The SMILES string of the molecule is CCC(=O)N(c1ccc2c(c1)C(=Cc1c[nH]c3ccc(OC)cc13)C(=O)N2)C1CCCNC1. The van der Waals surface area contributed by atoms with Gasteiger partial charge in [0.1, 0.15) is 5.75 Å². The van der Waals surface area contributed by atoms with Crippen molar-refractivity contribution in [2.24, 2.45) is 0 Å². The average Bonchev–Trinajstić information content (AvgIpc) is 3.39. The van der Waals surface area contributed by atoms with Gasteiger partial charge in [-0.25, -0.2) is 0 Å². The van der Waals surface area contributed by atoms with Crippen LogP contribution in [0.1, 0.15) is 37.3 Å². The monoisotopic (exact) mass is 444 g/mol. The van der Waals surface area contributed by atoms with Gasteiger partial charge in [0.2, 0.25) is 5.91 Å². The summed E-state index contributed by atoms with van der Waals surface area (Å²) in [6.07, 6.45) is 6.24. The van der Waals surface area contributed by atoms with Gasteiger partial charge in [-0.15, -0.1) is 0 Å². The summed E-state index contributed by atoms with van der Waals surface area (Å²) in [5.41, 5.74) is 4.87. The van der Waals surface area contributed by atoms with Gasteiger partial charge in [0.05, 0.1) is 7.11 Å². The van der Waals surface area contributed by atoms with Crippen molar-refractivity contribution < 1.29 is 14.3 Å². The van der Waals surface area contributed by atoms with E-state index in [2.05, 4.69) is 15.6 Å². The maximum atomic E-state index is 12.9. The molecule has 3 N–H and O–H groups in total. The van der Waals surface area contributed by atoms with Gasteiger partial charge < -0.3 is 25.3 Å². The van der Waals surface area contributed by atoms with Gasteiger partial charge in [0, 0.05) is 64.2 Å². The van der Waals surface area contributed by atoms with E-state index in [0.717, 1.165) is 65.1 Å². The number of methoxy groups -OCH3 is 1. The number of nitrogens with zero attached hydrogens (tertiary/aromatic N) is 1. The van der Waals surface area contributed by atoms with Crippen LogP contribution in [0.4, 0.5) is 11.4 Å². The van der Waals surface area contributed by atoms with Gasteiger partial charge >= 0.3 is 0 Å². The smallest absolute Gasteiger partial charge is 0.256 e. The summed E-state index contributed by atoms with van der Waals surface area (Å²) in [5, 5.41) is 7.35. The fourth-order valence-corrected chi connectivity index (χ4v) is 4.77. The zero-order chi connectivity index (χ0) is 22.9. The molecule has 1 aromatic heterocycles. The van der Waals surface area contributed by atoms with E-state index in [1.54, 1.807) is 7.11 Å². The Hall–Kier alpha value is -3.58. The highest BCUT2D eigenvalue weighted by atomic mass is 16.5. The molecule has 5 rings (SSSR count). The van der Waals surface area contributed by atoms with Crippen molar-refractivity contribution in [3.8, 4) is 5.75 Å². The number of hydrogen-bond donors (Lipinski definition) is 3. The van der Waals surface area contributed by atoms with Crippen LogP contribution in [0, 0.1) is 0 Å². The number of carbonyl (C=O) groups excluding carboxylic acids is 2. The number of amides is 2. The molecule has 0 aliphatic carbocycles. The van der Waals surface area contributed by atoms with E-state index in [-0.39, 0.29) is 17.9 Å². The van der Waals surface area contributed by atoms with Crippen LogP contribution in [0.15, 0.2) is 42.6 Å². The second-order valence-corrected chi connectivity index (χ2v) is 8.52. The van der Waals surface area contributed by atoms with Crippen molar-refractivity contribution in [2.75, 3.05) is 30.4 Å². The normalized spacial score (nSPS) is 18.9. The molecule has 2 aromatic carbocycles. The van der Waals surface area contributed by atoms with Crippen LogP contribution < -0.4 is 20.3 Å². The van der Waals surface area contributed by atoms with E-state index < -0.39 is 0 Å². The molecule has 1 fully saturated rings. The highest BCUT2D eigenvalue weighted by molar-refractivity contribution is 6.35. The second kappa shape index (κ2) is 8.75. The molecule has 0 bridgehead atoms. The number of piperidine rings is 1. The van der Waals surface area contributed by atoms with Crippen LogP contribution in [-0.4, -0.2) is 43.0 Å². The van der Waals surface area contributed by atoms with Crippen LogP contribution in [-0.2, 0) is 9.59 Å². The Morgan fingerprint density at radius 3 is 2.88 bits per heavy atom. The zero-order valence-corrected chi connectivity index (χ0v) is 18.9. The lowest BCUT2D eigenvalue weighted by atomic mass is 10.0. The molecule has 3 aromatic rings. The fraction of sp³-hybridized carbons (Fsp3) is 0.308. The van der Waals surface area contributed by atoms with Crippen LogP contribution in [0.3, 0.4) is 0 Å². The Morgan fingerprint density at radius 2 is 2.12 bits per heavy atom. The Labute approximate surface area is 192 Å². The first kappa shape index (κ1) is 21.3. The molecule has 0 saturated carbocycles. The molecular weight excluding hydrogens is 416 g/mol. The quantitative estimate of drug-likeness (QED) is 0.516. The molecule has 0 spiro atoms. The van der Waals surface area contributed by atoms with E-state index in [9.17, 15) is 9.59 Å². The Balaban J connectivity index is 1.57. The predicted molar refractivity (Wildman–Crippen MR) is 131 cm³/mol. The standard InChI is InChI=1S/C26H28N4O3/c1-3-25(31)30(18-5-4-10-27-15-18)17-6-8-24-21(12-17)22(26(32)29-24)11-16-14-28-23-9-7-19(33-2)13-20(16)23/h6-9,11-14,18,27-28H,3-5,10,15H2,1-2H3,(H,29,32). The lowest BCUT2D eigenvalue weighted by Gasteiger charge is -2.35. The summed E-state index contributed by atoms with van der Waals surface area (Å²) in [6, 6.07) is 11.7. The van der Waals surface area contributed by atoms with Crippen LogP contribution >= 0.6 is 0 Å². The first-order chi connectivity index (χ1) is 16.1. The molecule has 3 heterocycles. The summed E-state index contributed by atoms with van der Waals surface area (Å²) in [4.78, 5) is 31.0. The minimum absolute atomic E-state index is 0.0928. The van der Waals surface area contributed by atoms with Crippen molar-refractivity contribution >= 4 is 45.7 Å². The number of ether oxygens (including phenoxy) is 1. The van der Waals surface area contributed by atoms with Crippen LogP contribution in [0.25, 0.3) is 22.6 Å². The molecular formula is C26H28N4O3. The molecule has 170 valence electrons. The third-order valence-corrected chi connectivity index (χ3v) is 6.49. The average molecular weight is 445 g/mol. The lowest BCUT2D eigenvalue weighted by molar-refractivity contribution is -0.118. The summed E-state index contributed by atoms with van der Waals surface area (Å²) in [5.74, 6) is 0.706. The number of fused-ring (bicyclic) bond motifs is 2. The van der Waals surface area contributed by atoms with Crippen molar-refractivity contribution in [1.29, 1.82) is 0 Å². The number of aromatic amines is 1. The molecule has 1 atom stereocenters. The van der Waals surface area contributed by atoms with Gasteiger partial charge in [-0.05, 0) is 61.9 Å². The minimum Gasteiger partial charge on any atom is -0.497 e. The zero-order valence-electron chi connectivity index (χ0n) is 18.9. The highest BCUT2D eigenvalue weighted by Crippen LogP contribution is 2.38. The number of carbonyl (C=O) groups is 2. The van der Waals surface area contributed by atoms with Gasteiger partial charge in [-0.1, -0.05) is 6.92 Å². The Bertz CT molecular complexity index is 1250. The number of nitrogens with one attached hydrogen (secondary N) is 3. The van der Waals surface area contributed by atoms with Crippen molar-refractivity contribution in [2.45, 2.75) is 32.2 Å². The summed E-state index contributed by atoms with van der Waals surface area (Å²) >= 11 is 0. The number of hydrogen-bond acceptors (Lipinski definition) is 4. The first-order valence-electron chi connectivity index (χ1n) is 11.4. The number of H-pyrrole nitrogens is 1. The molecule has 7 heteroatoms. The second-order valence-electron chi connectivity index (χ2n) is 8.52. The van der Waals surface area contributed by atoms with Crippen molar-refractivity contribution in [3.63, 3.8) is 0 Å². The molecule has 7 nitrogen and oxygen atoms in total. The van der Waals surface area contributed by atoms with Crippen LogP contribution in [0.5, 0.6) is 5.75 Å². The maximum Gasteiger partial charge on any atom is 0.256 e. The van der Waals surface area contributed by atoms with Gasteiger partial charge in [-0.3, -0.25) is 9.59 Å². The van der Waals surface area contributed by atoms with Crippen molar-refractivity contribution in [1.82, 2.24) is 10.3 Å². The van der Waals surface area contributed by atoms with E-state index in [1.807, 2.05) is 60.5 Å². The topological polar surface area (TPSA) is 86.5 Å². The van der Waals surface area contributed by atoms with Gasteiger partial charge in [-0.2, -0.15) is 0 Å². The number of benzene rings is 2. The molecule has 2 aliphatic heterocycles. The van der Waals surface area contributed by atoms with Gasteiger partial charge in [0.25, 0.3) is 5.91 Å². The number of aromatic nitrogens is 1. The fourth-order valence-electron chi connectivity index (χ4n) is 4.77. The molecule has 0 radical (unpaired) electrons. The Morgan fingerprint density at radius 1 is 1.24 bits per heavy atom. The van der Waals surface area contributed by atoms with Gasteiger partial charge in [0.15, 0.2) is 0 Å². The van der Waals surface area contributed by atoms with E-state index in [4.69, 9.17) is 4.74 Å². The van der Waals surface area contributed by atoms with E-state index >= 15 is 0 Å². The third-order valence-electron chi connectivity index (χ3n) is 6.49. The minimum atomic E-state index is -0.146. The molecule has 2 amide bonds. The Kier molecular flexibility index (Phi) is 5.64. The van der Waals surface area contributed by atoms with Crippen LogP contribution in [0.2, 0.25) is 0 Å². The summed E-state index contributed by atoms with van der Waals surface area (Å²) < 4.78 is 5.37. The third kappa shape index (κ3) is 3.89. The van der Waals surface area contributed by atoms with Crippen molar-refractivity contribution in [3.05, 3.63) is 53.7 Å². The largest absolute Gasteiger partial charge is 0.497 e.